The first-order chi connectivity index (χ1) is 4.75. The maximum Gasteiger partial charge on any atom is 0.256 e. The maximum atomic E-state index is 6.31. The Morgan fingerprint density at radius 1 is 1.27 bits per heavy atom. The molecule has 0 atom stereocenters. The predicted octanol–water partition coefficient (Wildman–Crippen LogP) is 4.36. The van der Waals surface area contributed by atoms with E-state index in [1.165, 1.54) is 0 Å². The summed E-state index contributed by atoms with van der Waals surface area (Å²) in [5, 5.41) is 0.116. The molecule has 0 rings (SSSR count). The lowest BCUT2D eigenvalue weighted by Crippen LogP contribution is -2.36. The lowest BCUT2D eigenvalue weighted by Gasteiger charge is -2.38. The zero-order valence-electron chi connectivity index (χ0n) is 8.04. The SMILES string of the molecule is CC[Si](Cl)(Cl)C(C)(C)C(C)C. The summed E-state index contributed by atoms with van der Waals surface area (Å²) in [6.45, 7) is 8.77. The molecule has 3 heteroatoms. The van der Waals surface area contributed by atoms with Gasteiger partial charge in [0.2, 0.25) is 0 Å². The Balaban J connectivity index is 4.53. The van der Waals surface area contributed by atoms with Crippen molar-refractivity contribution in [3.63, 3.8) is 0 Å². The van der Waals surface area contributed by atoms with Gasteiger partial charge < -0.3 is 0 Å². The summed E-state index contributed by atoms with van der Waals surface area (Å²) in [6.07, 6.45) is 0. The van der Waals surface area contributed by atoms with Gasteiger partial charge in [0.25, 0.3) is 6.69 Å². The van der Waals surface area contributed by atoms with E-state index in [9.17, 15) is 0 Å². The van der Waals surface area contributed by atoms with Crippen molar-refractivity contribution in [2.75, 3.05) is 0 Å². The van der Waals surface area contributed by atoms with Crippen LogP contribution in [0.1, 0.15) is 34.6 Å². The molecule has 0 N–H and O–H groups in total. The second-order valence-electron chi connectivity index (χ2n) is 3.93. The molecule has 0 saturated carbocycles. The van der Waals surface area contributed by atoms with Crippen molar-refractivity contribution in [1.82, 2.24) is 0 Å². The van der Waals surface area contributed by atoms with Crippen LogP contribution in [-0.2, 0) is 0 Å². The van der Waals surface area contributed by atoms with Gasteiger partial charge in [-0.05, 0) is 17.0 Å². The van der Waals surface area contributed by atoms with Crippen LogP contribution in [0.15, 0.2) is 0 Å². The molecule has 11 heavy (non-hydrogen) atoms. The first-order valence-electron chi connectivity index (χ1n) is 4.13. The van der Waals surface area contributed by atoms with Crippen molar-refractivity contribution in [2.24, 2.45) is 5.92 Å². The van der Waals surface area contributed by atoms with Crippen molar-refractivity contribution < 1.29 is 0 Å². The van der Waals surface area contributed by atoms with Gasteiger partial charge in [0.15, 0.2) is 0 Å². The minimum Gasteiger partial charge on any atom is -0.145 e. The van der Waals surface area contributed by atoms with Crippen LogP contribution in [0.5, 0.6) is 0 Å². The second-order valence-corrected chi connectivity index (χ2v) is 11.8. The molecule has 0 unspecified atom stereocenters. The average Bonchev–Trinajstić information content (AvgIpc) is 1.87. The van der Waals surface area contributed by atoms with Gasteiger partial charge in [0, 0.05) is 0 Å². The second kappa shape index (κ2) is 3.67. The van der Waals surface area contributed by atoms with Gasteiger partial charge in [-0.25, -0.2) is 0 Å². The summed E-state index contributed by atoms with van der Waals surface area (Å²) in [5.74, 6) is 0.559. The molecule has 0 aliphatic rings. The fourth-order valence-corrected chi connectivity index (χ4v) is 3.94. The van der Waals surface area contributed by atoms with Gasteiger partial charge in [0.05, 0.1) is 0 Å². The number of rotatable bonds is 3. The molecule has 0 bridgehead atoms. The van der Waals surface area contributed by atoms with Gasteiger partial charge in [-0.3, -0.25) is 0 Å². The highest BCUT2D eigenvalue weighted by Gasteiger charge is 2.45. The Morgan fingerprint density at radius 2 is 1.64 bits per heavy atom. The lowest BCUT2D eigenvalue weighted by atomic mass is 9.99. The third kappa shape index (κ3) is 2.36. The van der Waals surface area contributed by atoms with E-state index in [1.807, 2.05) is 0 Å². The van der Waals surface area contributed by atoms with Crippen LogP contribution in [0.3, 0.4) is 0 Å². The Morgan fingerprint density at radius 3 is 1.73 bits per heavy atom. The topological polar surface area (TPSA) is 0 Å². The molecular weight excluding hydrogens is 195 g/mol. The minimum absolute atomic E-state index is 0.116. The fourth-order valence-electron chi connectivity index (χ4n) is 0.878. The summed E-state index contributed by atoms with van der Waals surface area (Å²) in [7, 11) is 0. The minimum atomic E-state index is -2.02. The van der Waals surface area contributed by atoms with Gasteiger partial charge in [-0.1, -0.05) is 34.6 Å². The van der Waals surface area contributed by atoms with Crippen molar-refractivity contribution in [3.05, 3.63) is 0 Å². The van der Waals surface area contributed by atoms with Crippen molar-refractivity contribution in [1.29, 1.82) is 0 Å². The molecule has 0 nitrogen and oxygen atoms in total. The molecule has 0 saturated heterocycles. The molecule has 0 fully saturated rings. The Bertz CT molecular complexity index is 130. The molecule has 0 radical (unpaired) electrons. The van der Waals surface area contributed by atoms with Crippen LogP contribution in [0.2, 0.25) is 11.1 Å². The summed E-state index contributed by atoms with van der Waals surface area (Å²) < 4.78 is 0. The molecule has 0 aliphatic carbocycles. The Kier molecular flexibility index (Phi) is 3.94. The predicted molar refractivity (Wildman–Crippen MR) is 56.8 cm³/mol. The fraction of sp³-hybridized carbons (Fsp3) is 1.00. The quantitative estimate of drug-likeness (QED) is 0.482. The van der Waals surface area contributed by atoms with Crippen LogP contribution >= 0.6 is 22.2 Å². The molecule has 0 aromatic carbocycles. The number of halogens is 2. The van der Waals surface area contributed by atoms with E-state index in [2.05, 4.69) is 34.6 Å². The van der Waals surface area contributed by atoms with Gasteiger partial charge in [-0.15, -0.1) is 22.2 Å². The van der Waals surface area contributed by atoms with Gasteiger partial charge in [0.1, 0.15) is 0 Å². The largest absolute Gasteiger partial charge is 0.256 e. The summed E-state index contributed by atoms with van der Waals surface area (Å²) in [4.78, 5) is 0. The highest BCUT2D eigenvalue weighted by atomic mass is 35.7. The molecule has 0 spiro atoms. The molecule has 0 aromatic rings. The van der Waals surface area contributed by atoms with E-state index in [-0.39, 0.29) is 5.04 Å². The number of hydrogen-bond donors (Lipinski definition) is 0. The van der Waals surface area contributed by atoms with Crippen LogP contribution in [-0.4, -0.2) is 6.69 Å². The molecule has 68 valence electrons. The molecular formula is C8H18Cl2Si. The van der Waals surface area contributed by atoms with E-state index in [1.54, 1.807) is 0 Å². The van der Waals surface area contributed by atoms with Crippen LogP contribution < -0.4 is 0 Å². The van der Waals surface area contributed by atoms with E-state index in [0.29, 0.717) is 5.92 Å². The first-order valence-corrected chi connectivity index (χ1v) is 8.36. The first kappa shape index (κ1) is 11.8. The van der Waals surface area contributed by atoms with Gasteiger partial charge >= 0.3 is 0 Å². The third-order valence-electron chi connectivity index (χ3n) is 2.83. The summed E-state index contributed by atoms with van der Waals surface area (Å²) in [6, 6.07) is 0.932. The summed E-state index contributed by atoms with van der Waals surface area (Å²) in [5.41, 5.74) is 0. The lowest BCUT2D eigenvalue weighted by molar-refractivity contribution is 0.467. The van der Waals surface area contributed by atoms with E-state index in [4.69, 9.17) is 22.2 Å². The average molecular weight is 213 g/mol. The van der Waals surface area contributed by atoms with Crippen molar-refractivity contribution in [2.45, 2.75) is 45.7 Å². The molecule has 0 aromatic heterocycles. The highest BCUT2D eigenvalue weighted by molar-refractivity contribution is 7.46. The Hall–Kier alpha value is 0.797. The highest BCUT2D eigenvalue weighted by Crippen LogP contribution is 2.50. The van der Waals surface area contributed by atoms with E-state index in [0.717, 1.165) is 6.04 Å². The smallest absolute Gasteiger partial charge is 0.145 e. The van der Waals surface area contributed by atoms with E-state index >= 15 is 0 Å². The standard InChI is InChI=1S/C8H18Cl2Si/c1-6-11(9,10)8(4,5)7(2)3/h7H,6H2,1-5H3. The molecule has 0 aliphatic heterocycles. The normalized spacial score (nSPS) is 14.2. The van der Waals surface area contributed by atoms with Crippen LogP contribution in [0.4, 0.5) is 0 Å². The molecule has 0 amide bonds. The Labute approximate surface area is 80.7 Å². The van der Waals surface area contributed by atoms with Crippen LogP contribution in [0.25, 0.3) is 0 Å². The maximum absolute atomic E-state index is 6.31. The molecule has 0 heterocycles. The third-order valence-corrected chi connectivity index (χ3v) is 10.7. The van der Waals surface area contributed by atoms with Crippen molar-refractivity contribution in [3.8, 4) is 0 Å². The van der Waals surface area contributed by atoms with Gasteiger partial charge in [-0.2, -0.15) is 0 Å². The summed E-state index contributed by atoms with van der Waals surface area (Å²) >= 11 is 12.6. The van der Waals surface area contributed by atoms with Crippen molar-refractivity contribution >= 4 is 28.9 Å². The zero-order valence-corrected chi connectivity index (χ0v) is 10.6. The zero-order chi connectivity index (χ0) is 9.28. The van der Waals surface area contributed by atoms with Crippen LogP contribution in [0, 0.1) is 5.92 Å². The van der Waals surface area contributed by atoms with E-state index < -0.39 is 6.69 Å². The number of hydrogen-bond acceptors (Lipinski definition) is 0. The monoisotopic (exact) mass is 212 g/mol.